The molecule has 1 fully saturated rings. The van der Waals surface area contributed by atoms with Gasteiger partial charge in [0.15, 0.2) is 0 Å². The molecule has 1 heterocycles. The van der Waals surface area contributed by atoms with Gasteiger partial charge in [0.25, 0.3) is 0 Å². The molecule has 1 aliphatic heterocycles. The molecule has 0 spiro atoms. The van der Waals surface area contributed by atoms with Gasteiger partial charge in [-0.05, 0) is 31.2 Å². The lowest BCUT2D eigenvalue weighted by Crippen LogP contribution is -2.45. The summed E-state index contributed by atoms with van der Waals surface area (Å²) in [6.07, 6.45) is 4.85. The van der Waals surface area contributed by atoms with Crippen LogP contribution >= 0.6 is 15.9 Å². The van der Waals surface area contributed by atoms with Crippen LogP contribution in [0.4, 0.5) is 0 Å². The standard InChI is InChI=1S/C12H24BrNO/c1-12(2,9-13)10-14-7-4-3-5-11(14)6-8-15/h11,15H,3-10H2,1-2H3. The van der Waals surface area contributed by atoms with Gasteiger partial charge in [0.05, 0.1) is 0 Å². The molecule has 1 aliphatic rings. The molecule has 0 bridgehead atoms. The molecule has 1 atom stereocenters. The fourth-order valence-corrected chi connectivity index (χ4v) is 2.51. The van der Waals surface area contributed by atoms with Crippen molar-refractivity contribution < 1.29 is 5.11 Å². The predicted molar refractivity (Wildman–Crippen MR) is 68.5 cm³/mol. The summed E-state index contributed by atoms with van der Waals surface area (Å²) < 4.78 is 0. The fourth-order valence-electron chi connectivity index (χ4n) is 2.34. The van der Waals surface area contributed by atoms with Crippen molar-refractivity contribution in [3.63, 3.8) is 0 Å². The SMILES string of the molecule is CC(C)(CBr)CN1CCCCC1CCO. The van der Waals surface area contributed by atoms with Gasteiger partial charge in [0.2, 0.25) is 0 Å². The summed E-state index contributed by atoms with van der Waals surface area (Å²) in [6.45, 7) is 7.28. The molecule has 3 heteroatoms. The zero-order chi connectivity index (χ0) is 11.3. The Hall–Kier alpha value is 0.400. The highest BCUT2D eigenvalue weighted by molar-refractivity contribution is 9.09. The van der Waals surface area contributed by atoms with Gasteiger partial charge in [0.1, 0.15) is 0 Å². The second-order valence-corrected chi connectivity index (χ2v) is 5.99. The Balaban J connectivity index is 2.48. The van der Waals surface area contributed by atoms with E-state index < -0.39 is 0 Å². The Kier molecular flexibility index (Phi) is 5.58. The van der Waals surface area contributed by atoms with E-state index in [0.29, 0.717) is 18.1 Å². The topological polar surface area (TPSA) is 23.5 Å². The third-order valence-corrected chi connectivity index (χ3v) is 4.72. The van der Waals surface area contributed by atoms with Crippen molar-refractivity contribution in [3.05, 3.63) is 0 Å². The molecule has 90 valence electrons. The monoisotopic (exact) mass is 277 g/mol. The summed E-state index contributed by atoms with van der Waals surface area (Å²) in [5.74, 6) is 0. The lowest BCUT2D eigenvalue weighted by atomic mass is 9.91. The van der Waals surface area contributed by atoms with Crippen molar-refractivity contribution in [2.24, 2.45) is 5.41 Å². The van der Waals surface area contributed by atoms with Gasteiger partial charge < -0.3 is 5.11 Å². The van der Waals surface area contributed by atoms with Crippen LogP contribution in [0.5, 0.6) is 0 Å². The van der Waals surface area contributed by atoms with E-state index in [1.54, 1.807) is 0 Å². The van der Waals surface area contributed by atoms with Crippen molar-refractivity contribution in [1.82, 2.24) is 4.90 Å². The van der Waals surface area contributed by atoms with Crippen molar-refractivity contribution in [1.29, 1.82) is 0 Å². The van der Waals surface area contributed by atoms with E-state index in [1.807, 2.05) is 0 Å². The first kappa shape index (κ1) is 13.5. The van der Waals surface area contributed by atoms with Crippen LogP contribution in [0.15, 0.2) is 0 Å². The average molecular weight is 278 g/mol. The highest BCUT2D eigenvalue weighted by atomic mass is 79.9. The zero-order valence-corrected chi connectivity index (χ0v) is 11.6. The average Bonchev–Trinajstić information content (AvgIpc) is 2.21. The molecule has 0 aromatic rings. The lowest BCUT2D eigenvalue weighted by Gasteiger charge is -2.40. The van der Waals surface area contributed by atoms with Crippen molar-refractivity contribution in [3.8, 4) is 0 Å². The molecule has 1 rings (SSSR count). The lowest BCUT2D eigenvalue weighted by molar-refractivity contribution is 0.0862. The molecule has 1 saturated heterocycles. The van der Waals surface area contributed by atoms with Gasteiger partial charge in [-0.15, -0.1) is 0 Å². The molecule has 0 saturated carbocycles. The Bertz CT molecular complexity index is 182. The molecule has 0 aromatic carbocycles. The van der Waals surface area contributed by atoms with E-state index in [-0.39, 0.29) is 0 Å². The van der Waals surface area contributed by atoms with Gasteiger partial charge in [-0.3, -0.25) is 4.90 Å². The summed E-state index contributed by atoms with van der Waals surface area (Å²) in [6, 6.07) is 0.613. The molecule has 0 aliphatic carbocycles. The van der Waals surface area contributed by atoms with Crippen LogP contribution in [0.25, 0.3) is 0 Å². The predicted octanol–water partition coefficient (Wildman–Crippen LogP) is 2.64. The smallest absolute Gasteiger partial charge is 0.0445 e. The van der Waals surface area contributed by atoms with E-state index in [4.69, 9.17) is 5.11 Å². The molecule has 0 aromatic heterocycles. The molecule has 15 heavy (non-hydrogen) atoms. The summed E-state index contributed by atoms with van der Waals surface area (Å²) >= 11 is 3.58. The molecular weight excluding hydrogens is 254 g/mol. The Morgan fingerprint density at radius 3 is 2.73 bits per heavy atom. The minimum absolute atomic E-state index is 0.329. The van der Waals surface area contributed by atoms with Crippen LogP contribution in [0.2, 0.25) is 0 Å². The van der Waals surface area contributed by atoms with Gasteiger partial charge in [-0.2, -0.15) is 0 Å². The maximum absolute atomic E-state index is 9.06. The molecule has 0 radical (unpaired) electrons. The molecule has 2 nitrogen and oxygen atoms in total. The minimum Gasteiger partial charge on any atom is -0.396 e. The first-order chi connectivity index (χ1) is 7.09. The Labute approximate surface area is 102 Å². The molecule has 1 unspecified atom stereocenters. The molecule has 1 N–H and O–H groups in total. The zero-order valence-electron chi connectivity index (χ0n) is 10.0. The number of hydrogen-bond acceptors (Lipinski definition) is 2. The highest BCUT2D eigenvalue weighted by Gasteiger charge is 2.27. The van der Waals surface area contributed by atoms with Crippen LogP contribution in [0.3, 0.4) is 0 Å². The first-order valence-electron chi connectivity index (χ1n) is 6.00. The van der Waals surface area contributed by atoms with Crippen molar-refractivity contribution in [2.45, 2.75) is 45.6 Å². The number of piperidine rings is 1. The van der Waals surface area contributed by atoms with Gasteiger partial charge in [0, 0.05) is 24.5 Å². The fraction of sp³-hybridized carbons (Fsp3) is 1.00. The van der Waals surface area contributed by atoms with Gasteiger partial charge in [-0.1, -0.05) is 36.2 Å². The van der Waals surface area contributed by atoms with Crippen LogP contribution in [-0.4, -0.2) is 41.1 Å². The normalized spacial score (nSPS) is 24.4. The van der Waals surface area contributed by atoms with E-state index in [2.05, 4.69) is 34.7 Å². The largest absolute Gasteiger partial charge is 0.396 e. The number of likely N-dealkylation sites (tertiary alicyclic amines) is 1. The van der Waals surface area contributed by atoms with Crippen LogP contribution in [0.1, 0.15) is 39.5 Å². The second kappa shape index (κ2) is 6.21. The number of aliphatic hydroxyl groups is 1. The van der Waals surface area contributed by atoms with Gasteiger partial charge in [-0.25, -0.2) is 0 Å². The first-order valence-corrected chi connectivity index (χ1v) is 7.12. The van der Waals surface area contributed by atoms with E-state index in [0.717, 1.165) is 18.3 Å². The maximum atomic E-state index is 9.06. The highest BCUT2D eigenvalue weighted by Crippen LogP contribution is 2.26. The van der Waals surface area contributed by atoms with Gasteiger partial charge >= 0.3 is 0 Å². The number of rotatable bonds is 5. The quantitative estimate of drug-likeness (QED) is 0.781. The van der Waals surface area contributed by atoms with E-state index >= 15 is 0 Å². The summed E-state index contributed by atoms with van der Waals surface area (Å²) in [5.41, 5.74) is 0.338. The van der Waals surface area contributed by atoms with Crippen LogP contribution in [-0.2, 0) is 0 Å². The summed E-state index contributed by atoms with van der Waals surface area (Å²) in [5, 5.41) is 10.1. The number of hydrogen-bond donors (Lipinski definition) is 1. The molecular formula is C12H24BrNO. The minimum atomic E-state index is 0.329. The molecule has 0 amide bonds. The van der Waals surface area contributed by atoms with E-state index in [1.165, 1.54) is 25.8 Å². The second-order valence-electron chi connectivity index (χ2n) is 5.43. The number of alkyl halides is 1. The van der Waals surface area contributed by atoms with E-state index in [9.17, 15) is 0 Å². The van der Waals surface area contributed by atoms with Crippen LogP contribution in [0, 0.1) is 5.41 Å². The van der Waals surface area contributed by atoms with Crippen molar-refractivity contribution >= 4 is 15.9 Å². The summed E-state index contributed by atoms with van der Waals surface area (Å²) in [4.78, 5) is 2.57. The third-order valence-electron chi connectivity index (χ3n) is 3.20. The Morgan fingerprint density at radius 1 is 1.40 bits per heavy atom. The number of nitrogens with zero attached hydrogens (tertiary/aromatic N) is 1. The van der Waals surface area contributed by atoms with Crippen LogP contribution < -0.4 is 0 Å². The number of aliphatic hydroxyl groups excluding tert-OH is 1. The summed E-state index contributed by atoms with van der Waals surface area (Å²) in [7, 11) is 0. The van der Waals surface area contributed by atoms with Crippen molar-refractivity contribution in [2.75, 3.05) is 25.0 Å². The Morgan fingerprint density at radius 2 is 2.13 bits per heavy atom. The third kappa shape index (κ3) is 4.41. The number of halogens is 1. The maximum Gasteiger partial charge on any atom is 0.0445 e.